The van der Waals surface area contributed by atoms with E-state index in [-0.39, 0.29) is 18.9 Å². The number of rotatable bonds is 59. The Morgan fingerprint density at radius 3 is 0.967 bits per heavy atom. The third-order valence-corrected chi connectivity index (χ3v) is 19.2. The SMILES string of the molecule is CCCCCCCCCCCCCCCCCCCCCCCCCCCCCCCCCCCCCCCCCCCC(=O)NC(COC1OC(CO)C(OC2OC(CO)C(OC3OC(CO)C(O)C(O)C3O)C(O)C2O)C(O)C1O)C(O)CCCCCC. The fourth-order valence-corrected chi connectivity index (χ4v) is 13.1. The van der Waals surface area contributed by atoms with Crippen molar-refractivity contribution in [1.29, 1.82) is 0 Å². The molecule has 19 nitrogen and oxygen atoms in total. The van der Waals surface area contributed by atoms with Gasteiger partial charge in [-0.25, -0.2) is 0 Å². The molecule has 3 rings (SSSR count). The maximum absolute atomic E-state index is 13.2. The van der Waals surface area contributed by atoms with Gasteiger partial charge in [0.1, 0.15) is 73.2 Å². The molecule has 1 amide bonds. The lowest BCUT2D eigenvalue weighted by Crippen LogP contribution is -2.66. The Kier molecular flexibility index (Phi) is 49.7. The Morgan fingerprint density at radius 1 is 0.356 bits per heavy atom. The number of aliphatic hydroxyl groups is 11. The first-order valence-electron chi connectivity index (χ1n) is 37.3. The van der Waals surface area contributed by atoms with E-state index in [1.54, 1.807) is 0 Å². The van der Waals surface area contributed by atoms with Crippen molar-refractivity contribution in [2.75, 3.05) is 26.4 Å². The van der Waals surface area contributed by atoms with Gasteiger partial charge in [0.25, 0.3) is 0 Å². The topological polar surface area (TPSA) is 307 Å². The van der Waals surface area contributed by atoms with Gasteiger partial charge in [-0.2, -0.15) is 0 Å². The van der Waals surface area contributed by atoms with Crippen LogP contribution in [0.25, 0.3) is 0 Å². The molecule has 0 aromatic carbocycles. The summed E-state index contributed by atoms with van der Waals surface area (Å²) in [6, 6.07) is -0.878. The highest BCUT2D eigenvalue weighted by atomic mass is 16.8. The monoisotopic (exact) mass is 1290 g/mol. The molecular formula is C71H137NO18. The number of nitrogens with one attached hydrogen (secondary N) is 1. The molecule has 534 valence electrons. The first-order chi connectivity index (χ1) is 43.8. The van der Waals surface area contributed by atoms with Gasteiger partial charge in [0, 0.05) is 6.42 Å². The number of aliphatic hydroxyl groups excluding tert-OH is 11. The van der Waals surface area contributed by atoms with Crippen LogP contribution in [-0.2, 0) is 33.2 Å². The quantitative estimate of drug-likeness (QED) is 0.0252. The number of amides is 1. The van der Waals surface area contributed by atoms with Crippen LogP contribution < -0.4 is 5.32 Å². The Hall–Kier alpha value is -1.21. The van der Waals surface area contributed by atoms with Crippen molar-refractivity contribution in [3.05, 3.63) is 0 Å². The van der Waals surface area contributed by atoms with Gasteiger partial charge in [0.15, 0.2) is 18.9 Å². The summed E-state index contributed by atoms with van der Waals surface area (Å²) in [5.41, 5.74) is 0. The van der Waals surface area contributed by atoms with Gasteiger partial charge in [-0.3, -0.25) is 4.79 Å². The summed E-state index contributed by atoms with van der Waals surface area (Å²) >= 11 is 0. The highest BCUT2D eigenvalue weighted by Crippen LogP contribution is 2.33. The van der Waals surface area contributed by atoms with Crippen LogP contribution in [0.3, 0.4) is 0 Å². The van der Waals surface area contributed by atoms with E-state index in [2.05, 4.69) is 19.2 Å². The number of carbonyl (C=O) groups excluding carboxylic acids is 1. The molecule has 19 heteroatoms. The molecule has 17 unspecified atom stereocenters. The highest BCUT2D eigenvalue weighted by Gasteiger charge is 2.53. The van der Waals surface area contributed by atoms with Crippen LogP contribution in [0.4, 0.5) is 0 Å². The van der Waals surface area contributed by atoms with E-state index in [1.165, 1.54) is 238 Å². The lowest BCUT2D eigenvalue weighted by Gasteiger charge is -2.48. The molecular weight excluding hydrogens is 1150 g/mol. The summed E-state index contributed by atoms with van der Waals surface area (Å²) in [4.78, 5) is 13.2. The standard InChI is InChI=1S/C71H137NO18/c1-3-5-7-9-10-11-12-13-14-15-16-17-18-19-20-21-22-23-24-25-26-27-28-29-30-31-32-33-34-35-36-37-38-39-40-41-42-43-44-45-47-49-59(77)72-54(55(76)48-46-8-6-4-2)53-85-69-65(83)62(80)67(57(51-74)87-69)90-71-66(84)63(81)68(58(52-75)88-71)89-70-64(82)61(79)60(78)56(50-73)86-70/h54-58,60-71,73-76,78-84H,3-53H2,1-2H3,(H,72,77). The second-order valence-electron chi connectivity index (χ2n) is 27.1. The smallest absolute Gasteiger partial charge is 0.220 e. The number of hydrogen-bond donors (Lipinski definition) is 12. The molecule has 0 aliphatic carbocycles. The molecule has 0 aromatic rings. The fraction of sp³-hybridized carbons (Fsp3) is 0.986. The zero-order chi connectivity index (χ0) is 65.4. The van der Waals surface area contributed by atoms with Gasteiger partial charge in [0.05, 0.1) is 38.6 Å². The van der Waals surface area contributed by atoms with Crippen molar-refractivity contribution >= 4 is 5.91 Å². The molecule has 90 heavy (non-hydrogen) atoms. The van der Waals surface area contributed by atoms with E-state index in [1.807, 2.05) is 0 Å². The lowest BCUT2D eigenvalue weighted by atomic mass is 9.96. The van der Waals surface area contributed by atoms with E-state index < -0.39 is 124 Å². The molecule has 0 aromatic heterocycles. The predicted molar refractivity (Wildman–Crippen MR) is 351 cm³/mol. The first kappa shape index (κ1) is 83.0. The molecule has 17 atom stereocenters. The normalized spacial score (nSPS) is 27.9. The molecule has 0 radical (unpaired) electrons. The van der Waals surface area contributed by atoms with Crippen molar-refractivity contribution in [1.82, 2.24) is 5.32 Å². The van der Waals surface area contributed by atoms with Gasteiger partial charge in [0.2, 0.25) is 5.91 Å². The second-order valence-corrected chi connectivity index (χ2v) is 27.1. The maximum Gasteiger partial charge on any atom is 0.220 e. The number of ether oxygens (including phenoxy) is 6. The van der Waals surface area contributed by atoms with Crippen molar-refractivity contribution in [3.63, 3.8) is 0 Å². The molecule has 3 fully saturated rings. The summed E-state index contributed by atoms with van der Waals surface area (Å²) in [6.45, 7) is 1.69. The predicted octanol–water partition coefficient (Wildman–Crippen LogP) is 10.7. The molecule has 3 aliphatic heterocycles. The van der Waals surface area contributed by atoms with Crippen LogP contribution in [0.2, 0.25) is 0 Å². The Labute approximate surface area is 544 Å². The molecule has 0 saturated carbocycles. The average Bonchev–Trinajstić information content (AvgIpc) is 1.63. The van der Waals surface area contributed by atoms with E-state index in [9.17, 15) is 61.0 Å². The van der Waals surface area contributed by atoms with Crippen LogP contribution in [0.15, 0.2) is 0 Å². The van der Waals surface area contributed by atoms with Crippen LogP contribution >= 0.6 is 0 Å². The third-order valence-electron chi connectivity index (χ3n) is 19.2. The molecule has 3 heterocycles. The summed E-state index contributed by atoms with van der Waals surface area (Å²) in [7, 11) is 0. The van der Waals surface area contributed by atoms with Crippen LogP contribution in [0.5, 0.6) is 0 Å². The van der Waals surface area contributed by atoms with E-state index >= 15 is 0 Å². The highest BCUT2D eigenvalue weighted by molar-refractivity contribution is 5.76. The zero-order valence-corrected chi connectivity index (χ0v) is 56.7. The largest absolute Gasteiger partial charge is 0.394 e. The van der Waals surface area contributed by atoms with Gasteiger partial charge < -0.3 is 89.9 Å². The minimum Gasteiger partial charge on any atom is -0.394 e. The second kappa shape index (κ2) is 53.9. The number of hydrogen-bond acceptors (Lipinski definition) is 18. The molecule has 3 saturated heterocycles. The fourth-order valence-electron chi connectivity index (χ4n) is 13.1. The van der Waals surface area contributed by atoms with Gasteiger partial charge >= 0.3 is 0 Å². The van der Waals surface area contributed by atoms with Crippen molar-refractivity contribution in [2.45, 2.75) is 420 Å². The Morgan fingerprint density at radius 2 is 0.633 bits per heavy atom. The van der Waals surface area contributed by atoms with E-state index in [4.69, 9.17) is 28.4 Å². The summed E-state index contributed by atoms with van der Waals surface area (Å²) in [5.74, 6) is -0.245. The maximum atomic E-state index is 13.2. The molecule has 0 spiro atoms. The Balaban J connectivity index is 1.17. The van der Waals surface area contributed by atoms with Crippen molar-refractivity contribution in [3.8, 4) is 0 Å². The summed E-state index contributed by atoms with van der Waals surface area (Å²) in [6.07, 6.45) is 33.7. The summed E-state index contributed by atoms with van der Waals surface area (Å²) < 4.78 is 34.2. The zero-order valence-electron chi connectivity index (χ0n) is 56.7. The van der Waals surface area contributed by atoms with Gasteiger partial charge in [-0.05, 0) is 12.8 Å². The molecule has 12 N–H and O–H groups in total. The van der Waals surface area contributed by atoms with Crippen LogP contribution in [-0.4, -0.2) is 193 Å². The van der Waals surface area contributed by atoms with Crippen LogP contribution in [0, 0.1) is 0 Å². The summed E-state index contributed by atoms with van der Waals surface area (Å²) in [5, 5.41) is 120. The Bertz CT molecular complexity index is 1640. The number of unbranched alkanes of at least 4 members (excludes halogenated alkanes) is 43. The minimum atomic E-state index is -1.97. The minimum absolute atomic E-state index is 0.245. The number of carbonyl (C=O) groups is 1. The molecule has 0 bridgehead atoms. The average molecular weight is 1290 g/mol. The van der Waals surface area contributed by atoms with E-state index in [0.29, 0.717) is 12.8 Å². The van der Waals surface area contributed by atoms with Crippen molar-refractivity contribution in [2.24, 2.45) is 0 Å². The van der Waals surface area contributed by atoms with Crippen molar-refractivity contribution < 1.29 is 89.4 Å². The molecule has 3 aliphatic rings. The first-order valence-corrected chi connectivity index (χ1v) is 37.3. The van der Waals surface area contributed by atoms with Gasteiger partial charge in [-0.1, -0.05) is 296 Å². The lowest BCUT2D eigenvalue weighted by molar-refractivity contribution is -0.379. The van der Waals surface area contributed by atoms with E-state index in [0.717, 1.165) is 44.9 Å². The van der Waals surface area contributed by atoms with Gasteiger partial charge in [-0.15, -0.1) is 0 Å². The van der Waals surface area contributed by atoms with Crippen LogP contribution in [0.1, 0.15) is 316 Å². The third kappa shape index (κ3) is 35.2.